The minimum absolute atomic E-state index is 0.203. The van der Waals surface area contributed by atoms with Crippen molar-refractivity contribution in [2.45, 2.75) is 20.8 Å². The highest BCUT2D eigenvalue weighted by Gasteiger charge is 2.11. The lowest BCUT2D eigenvalue weighted by Gasteiger charge is -2.13. The average Bonchev–Trinajstić information content (AvgIpc) is 2.86. The van der Waals surface area contributed by atoms with E-state index >= 15 is 0 Å². The summed E-state index contributed by atoms with van der Waals surface area (Å²) in [4.78, 5) is 49.3. The Hall–Kier alpha value is -4.92. The van der Waals surface area contributed by atoms with Crippen LogP contribution in [0.15, 0.2) is 73.2 Å². The van der Waals surface area contributed by atoms with Crippen LogP contribution >= 0.6 is 0 Å². The number of carbonyl (C=O) groups excluding carboxylic acids is 3. The van der Waals surface area contributed by atoms with Crippen LogP contribution < -0.4 is 16.0 Å². The third-order valence-electron chi connectivity index (χ3n) is 5.36. The molecule has 0 spiro atoms. The van der Waals surface area contributed by atoms with E-state index in [1.54, 1.807) is 36.8 Å². The van der Waals surface area contributed by atoms with Crippen molar-refractivity contribution < 1.29 is 14.4 Å². The Labute approximate surface area is 208 Å². The number of aryl methyl sites for hydroxylation is 1. The maximum atomic E-state index is 12.7. The number of amides is 2. The molecule has 4 aromatic rings. The predicted octanol–water partition coefficient (Wildman–Crippen LogP) is 5.64. The number of pyridine rings is 1. The second-order valence-corrected chi connectivity index (χ2v) is 8.15. The molecule has 36 heavy (non-hydrogen) atoms. The van der Waals surface area contributed by atoms with Crippen LogP contribution in [-0.4, -0.2) is 32.5 Å². The molecule has 2 aromatic carbocycles. The van der Waals surface area contributed by atoms with E-state index in [4.69, 9.17) is 0 Å². The molecule has 3 N–H and O–H groups in total. The van der Waals surface area contributed by atoms with Crippen molar-refractivity contribution in [1.82, 2.24) is 15.0 Å². The summed E-state index contributed by atoms with van der Waals surface area (Å²) in [6, 6.07) is 15.0. The molecule has 2 amide bonds. The minimum Gasteiger partial charge on any atom is -0.324 e. The van der Waals surface area contributed by atoms with Gasteiger partial charge >= 0.3 is 6.03 Å². The maximum absolute atomic E-state index is 12.7. The molecule has 0 radical (unpaired) electrons. The van der Waals surface area contributed by atoms with Crippen molar-refractivity contribution in [3.63, 3.8) is 0 Å². The quantitative estimate of drug-likeness (QED) is 0.292. The van der Waals surface area contributed by atoms with Crippen LogP contribution in [0.4, 0.5) is 27.8 Å². The number of rotatable bonds is 7. The highest BCUT2D eigenvalue weighted by molar-refractivity contribution is 6.04. The highest BCUT2D eigenvalue weighted by Crippen LogP contribution is 2.25. The lowest BCUT2D eigenvalue weighted by molar-refractivity contribution is 0.101. The average molecular weight is 481 g/mol. The van der Waals surface area contributed by atoms with Gasteiger partial charge in [0.25, 0.3) is 0 Å². The molecule has 0 aliphatic heterocycles. The molecule has 0 bridgehead atoms. The van der Waals surface area contributed by atoms with E-state index in [-0.39, 0.29) is 11.6 Å². The third kappa shape index (κ3) is 5.95. The van der Waals surface area contributed by atoms with Gasteiger partial charge in [0.05, 0.1) is 5.69 Å². The monoisotopic (exact) mass is 480 g/mol. The molecular formula is C27H24N6O3. The molecule has 0 aliphatic rings. The maximum Gasteiger partial charge on any atom is 0.323 e. The molecule has 0 saturated carbocycles. The van der Waals surface area contributed by atoms with Crippen molar-refractivity contribution >= 4 is 40.6 Å². The Kier molecular flexibility index (Phi) is 7.10. The van der Waals surface area contributed by atoms with Gasteiger partial charge in [-0.25, -0.2) is 14.8 Å². The van der Waals surface area contributed by atoms with Crippen molar-refractivity contribution in [2.24, 2.45) is 0 Å². The Morgan fingerprint density at radius 1 is 0.806 bits per heavy atom. The molecule has 4 rings (SSSR count). The summed E-state index contributed by atoms with van der Waals surface area (Å²) >= 11 is 0. The summed E-state index contributed by atoms with van der Waals surface area (Å²) < 4.78 is 0. The van der Waals surface area contributed by atoms with Crippen LogP contribution in [-0.2, 0) is 0 Å². The molecule has 0 unspecified atom stereocenters. The summed E-state index contributed by atoms with van der Waals surface area (Å²) in [5.74, 6) is -0.00452. The normalized spacial score (nSPS) is 10.4. The lowest BCUT2D eigenvalue weighted by Crippen LogP contribution is -2.20. The Balaban J connectivity index is 1.50. The zero-order chi connectivity index (χ0) is 25.7. The Bertz CT molecular complexity index is 1420. The number of nitrogens with one attached hydrogen (secondary N) is 3. The van der Waals surface area contributed by atoms with E-state index in [0.29, 0.717) is 34.1 Å². The van der Waals surface area contributed by atoms with Crippen LogP contribution in [0, 0.1) is 6.92 Å². The molecule has 0 aliphatic carbocycles. The summed E-state index contributed by atoms with van der Waals surface area (Å²) in [5.41, 5.74) is 4.79. The van der Waals surface area contributed by atoms with Gasteiger partial charge in [-0.3, -0.25) is 14.6 Å². The van der Waals surface area contributed by atoms with Crippen LogP contribution in [0.5, 0.6) is 0 Å². The van der Waals surface area contributed by atoms with Crippen molar-refractivity contribution in [3.8, 4) is 11.3 Å². The van der Waals surface area contributed by atoms with Gasteiger partial charge in [-0.2, -0.15) is 0 Å². The van der Waals surface area contributed by atoms with Gasteiger partial charge in [-0.05, 0) is 74.9 Å². The van der Waals surface area contributed by atoms with Crippen LogP contribution in [0.1, 0.15) is 40.1 Å². The van der Waals surface area contributed by atoms with E-state index < -0.39 is 6.03 Å². The number of carbonyl (C=O) groups is 3. The lowest BCUT2D eigenvalue weighted by atomic mass is 10.0. The predicted molar refractivity (Wildman–Crippen MR) is 139 cm³/mol. The van der Waals surface area contributed by atoms with E-state index in [2.05, 4.69) is 30.9 Å². The molecular weight excluding hydrogens is 456 g/mol. The molecule has 9 nitrogen and oxygen atoms in total. The molecule has 2 heterocycles. The van der Waals surface area contributed by atoms with Gasteiger partial charge in [0.2, 0.25) is 5.95 Å². The fourth-order valence-electron chi connectivity index (χ4n) is 3.45. The van der Waals surface area contributed by atoms with Gasteiger partial charge in [0.1, 0.15) is 0 Å². The van der Waals surface area contributed by atoms with Crippen molar-refractivity contribution in [2.75, 3.05) is 16.0 Å². The van der Waals surface area contributed by atoms with Crippen molar-refractivity contribution in [1.29, 1.82) is 0 Å². The summed E-state index contributed by atoms with van der Waals surface area (Å²) in [6.07, 6.45) is 5.09. The molecule has 0 atom stereocenters. The van der Waals surface area contributed by atoms with Gasteiger partial charge < -0.3 is 16.0 Å². The summed E-state index contributed by atoms with van der Waals surface area (Å²) in [5, 5.41) is 8.65. The topological polar surface area (TPSA) is 126 Å². The molecule has 2 aromatic heterocycles. The van der Waals surface area contributed by atoms with Crippen LogP contribution in [0.2, 0.25) is 0 Å². The van der Waals surface area contributed by atoms with E-state index in [1.165, 1.54) is 32.0 Å². The SMILES string of the molecule is CC(=O)c1cc(NC(=O)Nc2ccc(C)c(Nc3nccc(-c4cccnc4)n3)c2)cc(C(C)=O)c1. The fraction of sp³-hybridized carbons (Fsp3) is 0.111. The number of Topliss-reactive ketones (excluding diaryl/α,β-unsaturated/α-hetero) is 2. The van der Waals surface area contributed by atoms with Crippen molar-refractivity contribution in [3.05, 3.63) is 89.9 Å². The zero-order valence-corrected chi connectivity index (χ0v) is 20.0. The number of benzene rings is 2. The molecule has 9 heteroatoms. The first-order chi connectivity index (χ1) is 17.3. The Morgan fingerprint density at radius 2 is 1.53 bits per heavy atom. The Morgan fingerprint density at radius 3 is 2.19 bits per heavy atom. The second-order valence-electron chi connectivity index (χ2n) is 8.15. The van der Waals surface area contributed by atoms with Gasteiger partial charge in [-0.15, -0.1) is 0 Å². The zero-order valence-electron chi connectivity index (χ0n) is 20.0. The van der Waals surface area contributed by atoms with Gasteiger partial charge in [0, 0.05) is 52.3 Å². The number of hydrogen-bond donors (Lipinski definition) is 3. The first-order valence-electron chi connectivity index (χ1n) is 11.1. The number of hydrogen-bond acceptors (Lipinski definition) is 7. The molecule has 180 valence electrons. The standard InChI is InChI=1S/C27H24N6O3/c1-16-6-7-22(30-27(36)31-23-12-20(17(2)34)11-21(13-23)18(3)35)14-25(16)33-26-29-10-8-24(32-26)19-5-4-9-28-15-19/h4-15H,1-3H3,(H,29,32,33)(H2,30,31,36). The molecule has 0 saturated heterocycles. The second kappa shape index (κ2) is 10.6. The smallest absolute Gasteiger partial charge is 0.323 e. The number of anilines is 4. The first kappa shape index (κ1) is 24.2. The van der Waals surface area contributed by atoms with Gasteiger partial charge in [-0.1, -0.05) is 6.07 Å². The number of nitrogens with zero attached hydrogens (tertiary/aromatic N) is 3. The summed E-state index contributed by atoms with van der Waals surface area (Å²) in [6.45, 7) is 4.73. The largest absolute Gasteiger partial charge is 0.324 e. The first-order valence-corrected chi connectivity index (χ1v) is 11.1. The third-order valence-corrected chi connectivity index (χ3v) is 5.36. The van der Waals surface area contributed by atoms with E-state index in [0.717, 1.165) is 16.8 Å². The molecule has 0 fully saturated rings. The minimum atomic E-state index is -0.519. The summed E-state index contributed by atoms with van der Waals surface area (Å²) in [7, 11) is 0. The van der Waals surface area contributed by atoms with E-state index in [1.807, 2.05) is 25.1 Å². The number of urea groups is 1. The van der Waals surface area contributed by atoms with Crippen LogP contribution in [0.25, 0.3) is 11.3 Å². The number of aromatic nitrogens is 3. The van der Waals surface area contributed by atoms with E-state index in [9.17, 15) is 14.4 Å². The highest BCUT2D eigenvalue weighted by atomic mass is 16.2. The fourth-order valence-corrected chi connectivity index (χ4v) is 3.45. The van der Waals surface area contributed by atoms with Crippen LogP contribution in [0.3, 0.4) is 0 Å². The number of ketones is 2. The van der Waals surface area contributed by atoms with Gasteiger partial charge in [0.15, 0.2) is 11.6 Å².